The van der Waals surface area contributed by atoms with Crippen LogP contribution in [0.3, 0.4) is 0 Å². The predicted molar refractivity (Wildman–Crippen MR) is 96.5 cm³/mol. The van der Waals surface area contributed by atoms with E-state index in [4.69, 9.17) is 0 Å². The standard InChI is InChI=1S/C18H18N4O3/c1-11(23)19-12-6-8-13(9-7-12)20-17(24)10-16-18(25)22-15-5-3-2-4-14(15)21-16/h2-9,16,21H,10H2,1H3,(H,19,23)(H,20,24)(H,22,25). The molecule has 2 aromatic carbocycles. The molecule has 0 aromatic heterocycles. The highest BCUT2D eigenvalue weighted by Gasteiger charge is 2.27. The highest BCUT2D eigenvalue weighted by atomic mass is 16.2. The van der Waals surface area contributed by atoms with Crippen LogP contribution in [0.25, 0.3) is 0 Å². The van der Waals surface area contributed by atoms with Gasteiger partial charge in [0.2, 0.25) is 17.7 Å². The Kier molecular flexibility index (Phi) is 4.65. The Morgan fingerprint density at radius 3 is 2.20 bits per heavy atom. The normalized spacial score (nSPS) is 15.4. The lowest BCUT2D eigenvalue weighted by molar-refractivity contribution is -0.122. The van der Waals surface area contributed by atoms with E-state index in [1.165, 1.54) is 6.92 Å². The lowest BCUT2D eigenvalue weighted by atomic mass is 10.1. The van der Waals surface area contributed by atoms with Crippen molar-refractivity contribution in [3.8, 4) is 0 Å². The van der Waals surface area contributed by atoms with E-state index in [0.29, 0.717) is 17.1 Å². The number of amides is 3. The van der Waals surface area contributed by atoms with Crippen LogP contribution in [-0.4, -0.2) is 23.8 Å². The van der Waals surface area contributed by atoms with Crippen molar-refractivity contribution < 1.29 is 14.4 Å². The molecule has 128 valence electrons. The van der Waals surface area contributed by atoms with Gasteiger partial charge in [0.05, 0.1) is 17.8 Å². The maximum atomic E-state index is 12.2. The van der Waals surface area contributed by atoms with Gasteiger partial charge in [0, 0.05) is 18.3 Å². The van der Waals surface area contributed by atoms with Crippen LogP contribution in [0.4, 0.5) is 22.7 Å². The van der Waals surface area contributed by atoms with E-state index in [-0.39, 0.29) is 24.1 Å². The van der Waals surface area contributed by atoms with Crippen LogP contribution in [0.1, 0.15) is 13.3 Å². The molecule has 0 saturated carbocycles. The van der Waals surface area contributed by atoms with E-state index < -0.39 is 6.04 Å². The van der Waals surface area contributed by atoms with Crippen molar-refractivity contribution in [3.05, 3.63) is 48.5 Å². The molecule has 1 unspecified atom stereocenters. The SMILES string of the molecule is CC(=O)Nc1ccc(NC(=O)CC2Nc3ccccc3NC2=O)cc1. The first-order chi connectivity index (χ1) is 12.0. The summed E-state index contributed by atoms with van der Waals surface area (Å²) in [4.78, 5) is 35.3. The zero-order chi connectivity index (χ0) is 17.8. The molecule has 25 heavy (non-hydrogen) atoms. The molecule has 3 amide bonds. The molecular weight excluding hydrogens is 320 g/mol. The number of fused-ring (bicyclic) bond motifs is 1. The summed E-state index contributed by atoms with van der Waals surface area (Å²) in [5, 5.41) is 11.3. The Bertz CT molecular complexity index is 817. The van der Waals surface area contributed by atoms with Gasteiger partial charge in [0.25, 0.3) is 0 Å². The van der Waals surface area contributed by atoms with Gasteiger partial charge in [-0.3, -0.25) is 14.4 Å². The number of para-hydroxylation sites is 2. The van der Waals surface area contributed by atoms with Gasteiger partial charge in [-0.1, -0.05) is 12.1 Å². The van der Waals surface area contributed by atoms with Crippen LogP contribution >= 0.6 is 0 Å². The van der Waals surface area contributed by atoms with Crippen molar-refractivity contribution in [2.24, 2.45) is 0 Å². The number of hydrogen-bond donors (Lipinski definition) is 4. The zero-order valence-corrected chi connectivity index (χ0v) is 13.6. The Morgan fingerprint density at radius 1 is 0.960 bits per heavy atom. The lowest BCUT2D eigenvalue weighted by Crippen LogP contribution is -2.41. The summed E-state index contributed by atoms with van der Waals surface area (Å²) in [6.07, 6.45) is 0.00755. The van der Waals surface area contributed by atoms with Crippen molar-refractivity contribution in [2.45, 2.75) is 19.4 Å². The molecule has 2 aromatic rings. The molecule has 4 N–H and O–H groups in total. The summed E-state index contributed by atoms with van der Waals surface area (Å²) >= 11 is 0. The van der Waals surface area contributed by atoms with Gasteiger partial charge >= 0.3 is 0 Å². The molecule has 1 aliphatic heterocycles. The zero-order valence-electron chi connectivity index (χ0n) is 13.6. The Balaban J connectivity index is 1.59. The minimum Gasteiger partial charge on any atom is -0.372 e. The number of hydrogen-bond acceptors (Lipinski definition) is 4. The van der Waals surface area contributed by atoms with Crippen molar-refractivity contribution in [1.82, 2.24) is 0 Å². The van der Waals surface area contributed by atoms with Gasteiger partial charge in [0.1, 0.15) is 6.04 Å². The van der Waals surface area contributed by atoms with Crippen LogP contribution in [0.2, 0.25) is 0 Å². The maximum Gasteiger partial charge on any atom is 0.247 e. The van der Waals surface area contributed by atoms with Crippen LogP contribution < -0.4 is 21.3 Å². The molecule has 0 bridgehead atoms. The molecule has 0 fully saturated rings. The smallest absolute Gasteiger partial charge is 0.247 e. The van der Waals surface area contributed by atoms with E-state index in [1.807, 2.05) is 18.2 Å². The Hall–Kier alpha value is -3.35. The summed E-state index contributed by atoms with van der Waals surface area (Å²) < 4.78 is 0. The average molecular weight is 338 g/mol. The highest BCUT2D eigenvalue weighted by molar-refractivity contribution is 6.06. The molecule has 7 heteroatoms. The van der Waals surface area contributed by atoms with Crippen LogP contribution in [-0.2, 0) is 14.4 Å². The monoisotopic (exact) mass is 338 g/mol. The fourth-order valence-corrected chi connectivity index (χ4v) is 2.57. The summed E-state index contributed by atoms with van der Waals surface area (Å²) in [5.74, 6) is -0.680. The highest BCUT2D eigenvalue weighted by Crippen LogP contribution is 2.26. The summed E-state index contributed by atoms with van der Waals surface area (Å²) in [6.45, 7) is 1.43. The quantitative estimate of drug-likeness (QED) is 0.688. The van der Waals surface area contributed by atoms with Crippen LogP contribution in [0.5, 0.6) is 0 Å². The third-order valence-electron chi connectivity index (χ3n) is 3.71. The van der Waals surface area contributed by atoms with E-state index in [9.17, 15) is 14.4 Å². The van der Waals surface area contributed by atoms with Gasteiger partial charge in [0.15, 0.2) is 0 Å². The molecular formula is C18H18N4O3. The number of carbonyl (C=O) groups excluding carboxylic acids is 3. The maximum absolute atomic E-state index is 12.2. The van der Waals surface area contributed by atoms with E-state index in [2.05, 4.69) is 21.3 Å². The van der Waals surface area contributed by atoms with E-state index >= 15 is 0 Å². The second-order valence-electron chi connectivity index (χ2n) is 5.74. The first-order valence-corrected chi connectivity index (χ1v) is 7.85. The number of benzene rings is 2. The third-order valence-corrected chi connectivity index (χ3v) is 3.71. The van der Waals surface area contributed by atoms with Gasteiger partial charge in [-0.15, -0.1) is 0 Å². The molecule has 1 heterocycles. The van der Waals surface area contributed by atoms with Gasteiger partial charge in [-0.05, 0) is 36.4 Å². The molecule has 0 radical (unpaired) electrons. The molecule has 0 saturated heterocycles. The van der Waals surface area contributed by atoms with E-state index in [1.54, 1.807) is 30.3 Å². The molecule has 3 rings (SSSR count). The minimum atomic E-state index is -0.631. The molecule has 7 nitrogen and oxygen atoms in total. The molecule has 0 aliphatic carbocycles. The van der Waals surface area contributed by atoms with Gasteiger partial charge < -0.3 is 21.3 Å². The van der Waals surface area contributed by atoms with Crippen molar-refractivity contribution >= 4 is 40.5 Å². The van der Waals surface area contributed by atoms with Crippen LogP contribution in [0.15, 0.2) is 48.5 Å². The average Bonchev–Trinajstić information content (AvgIpc) is 2.57. The summed E-state index contributed by atoms with van der Waals surface area (Å²) in [7, 11) is 0. The van der Waals surface area contributed by atoms with Gasteiger partial charge in [-0.25, -0.2) is 0 Å². The summed E-state index contributed by atoms with van der Waals surface area (Å²) in [6, 6.07) is 13.5. The fourth-order valence-electron chi connectivity index (χ4n) is 2.57. The topological polar surface area (TPSA) is 99.3 Å². The van der Waals surface area contributed by atoms with Crippen LogP contribution in [0, 0.1) is 0 Å². The van der Waals surface area contributed by atoms with Crippen molar-refractivity contribution in [3.63, 3.8) is 0 Å². The largest absolute Gasteiger partial charge is 0.372 e. The number of nitrogens with one attached hydrogen (secondary N) is 4. The number of anilines is 4. The first kappa shape index (κ1) is 16.5. The Morgan fingerprint density at radius 2 is 1.56 bits per heavy atom. The lowest BCUT2D eigenvalue weighted by Gasteiger charge is -2.26. The minimum absolute atomic E-state index is 0.00755. The van der Waals surface area contributed by atoms with Crippen molar-refractivity contribution in [1.29, 1.82) is 0 Å². The van der Waals surface area contributed by atoms with Gasteiger partial charge in [-0.2, -0.15) is 0 Å². The second kappa shape index (κ2) is 7.04. The second-order valence-corrected chi connectivity index (χ2v) is 5.74. The predicted octanol–water partition coefficient (Wildman–Crippen LogP) is 2.41. The van der Waals surface area contributed by atoms with E-state index in [0.717, 1.165) is 5.69 Å². The molecule has 1 aliphatic rings. The molecule has 1 atom stereocenters. The third kappa shape index (κ3) is 4.14. The number of carbonyl (C=O) groups is 3. The number of rotatable bonds is 4. The first-order valence-electron chi connectivity index (χ1n) is 7.85. The summed E-state index contributed by atoms with van der Waals surface area (Å²) in [5.41, 5.74) is 2.74. The van der Waals surface area contributed by atoms with Crippen molar-refractivity contribution in [2.75, 3.05) is 21.3 Å². The fraction of sp³-hybridized carbons (Fsp3) is 0.167. The molecule has 0 spiro atoms. The Labute approximate surface area is 144 Å².